The van der Waals surface area contributed by atoms with E-state index in [1.807, 2.05) is 25.1 Å². The lowest BCUT2D eigenvalue weighted by Gasteiger charge is -2.14. The Morgan fingerprint density at radius 3 is 2.45 bits per heavy atom. The fourth-order valence-corrected chi connectivity index (χ4v) is 2.91. The van der Waals surface area contributed by atoms with Crippen LogP contribution in [-0.2, 0) is 11.8 Å². The number of carbonyl (C=O) groups is 1. The molecular formula is C17H21NOS. The number of aryl methyl sites for hydroxylation is 2. The lowest BCUT2D eigenvalue weighted by Crippen LogP contribution is -2.12. The molecule has 3 heteroatoms. The second-order valence-electron chi connectivity index (χ2n) is 6.28. The zero-order valence-corrected chi connectivity index (χ0v) is 13.6. The second kappa shape index (κ2) is 5.49. The lowest BCUT2D eigenvalue weighted by atomic mass is 9.93. The highest BCUT2D eigenvalue weighted by molar-refractivity contribution is 7.09. The molecule has 0 radical (unpaired) electrons. The maximum atomic E-state index is 12.3. The first-order chi connectivity index (χ1) is 9.27. The van der Waals surface area contributed by atoms with Crippen molar-refractivity contribution in [2.24, 2.45) is 0 Å². The van der Waals surface area contributed by atoms with Crippen molar-refractivity contribution in [2.75, 3.05) is 0 Å². The number of nitrogens with zero attached hydrogens (tertiary/aromatic N) is 1. The molecule has 0 spiro atoms. The summed E-state index contributed by atoms with van der Waals surface area (Å²) in [5.74, 6) is 0.142. The number of aromatic nitrogens is 1. The van der Waals surface area contributed by atoms with E-state index in [1.165, 1.54) is 5.56 Å². The van der Waals surface area contributed by atoms with E-state index in [0.29, 0.717) is 6.42 Å². The number of ketones is 1. The van der Waals surface area contributed by atoms with E-state index < -0.39 is 0 Å². The zero-order chi connectivity index (χ0) is 14.9. The molecule has 0 aliphatic heterocycles. The van der Waals surface area contributed by atoms with Gasteiger partial charge in [-0.15, -0.1) is 11.3 Å². The maximum Gasteiger partial charge on any atom is 0.169 e. The molecule has 2 aromatic rings. The van der Waals surface area contributed by atoms with Crippen LogP contribution < -0.4 is 0 Å². The van der Waals surface area contributed by atoms with E-state index in [2.05, 4.69) is 38.1 Å². The van der Waals surface area contributed by atoms with Crippen LogP contribution in [0, 0.1) is 13.8 Å². The fraction of sp³-hybridized carbons (Fsp3) is 0.412. The minimum absolute atomic E-state index is 0.0399. The van der Waals surface area contributed by atoms with Crippen LogP contribution in [0.1, 0.15) is 53.0 Å². The predicted octanol–water partition coefficient (Wildman–Crippen LogP) is 4.48. The lowest BCUT2D eigenvalue weighted by molar-refractivity contribution is 0.0992. The van der Waals surface area contributed by atoms with Crippen molar-refractivity contribution < 1.29 is 4.79 Å². The minimum Gasteiger partial charge on any atom is -0.294 e. The predicted molar refractivity (Wildman–Crippen MR) is 84.8 cm³/mol. The Morgan fingerprint density at radius 2 is 1.90 bits per heavy atom. The third kappa shape index (κ3) is 3.34. The summed E-state index contributed by atoms with van der Waals surface area (Å²) in [6.07, 6.45) is 0.392. The topological polar surface area (TPSA) is 30.0 Å². The molecule has 1 heterocycles. The largest absolute Gasteiger partial charge is 0.294 e. The monoisotopic (exact) mass is 287 g/mol. The van der Waals surface area contributed by atoms with Crippen molar-refractivity contribution in [3.63, 3.8) is 0 Å². The number of carbonyl (C=O) groups excluding carboxylic acids is 1. The summed E-state index contributed by atoms with van der Waals surface area (Å²) in [5, 5.41) is 2.96. The first-order valence-electron chi connectivity index (χ1n) is 6.82. The van der Waals surface area contributed by atoms with Crippen LogP contribution in [0.3, 0.4) is 0 Å². The van der Waals surface area contributed by atoms with Gasteiger partial charge in [-0.2, -0.15) is 0 Å². The number of hydrogen-bond acceptors (Lipinski definition) is 3. The van der Waals surface area contributed by atoms with Crippen LogP contribution in [0.5, 0.6) is 0 Å². The molecule has 0 unspecified atom stereocenters. The molecule has 2 rings (SSSR count). The van der Waals surface area contributed by atoms with Crippen molar-refractivity contribution >= 4 is 17.1 Å². The molecule has 0 N–H and O–H groups in total. The molecule has 1 aromatic heterocycles. The van der Waals surface area contributed by atoms with Crippen LogP contribution in [0.25, 0.3) is 0 Å². The van der Waals surface area contributed by atoms with Crippen LogP contribution in [-0.4, -0.2) is 10.8 Å². The summed E-state index contributed by atoms with van der Waals surface area (Å²) < 4.78 is 0. The summed E-state index contributed by atoms with van der Waals surface area (Å²) in [6.45, 7) is 10.5. The summed E-state index contributed by atoms with van der Waals surface area (Å²) in [6, 6.07) is 5.88. The smallest absolute Gasteiger partial charge is 0.169 e. The van der Waals surface area contributed by atoms with Crippen LogP contribution in [0.4, 0.5) is 0 Å². The van der Waals surface area contributed by atoms with Crippen LogP contribution in [0.2, 0.25) is 0 Å². The van der Waals surface area contributed by atoms with Crippen molar-refractivity contribution in [3.8, 4) is 0 Å². The standard InChI is InChI=1S/C17H21NOS/c1-11-6-7-13(8-12(11)2)14(19)9-16-18-15(10-20-16)17(3,4)5/h6-8,10H,9H2,1-5H3. The molecule has 0 bridgehead atoms. The van der Waals surface area contributed by atoms with Crippen LogP contribution >= 0.6 is 11.3 Å². The highest BCUT2D eigenvalue weighted by Crippen LogP contribution is 2.24. The highest BCUT2D eigenvalue weighted by atomic mass is 32.1. The van der Waals surface area contributed by atoms with Gasteiger partial charge in [0, 0.05) is 16.4 Å². The summed E-state index contributed by atoms with van der Waals surface area (Å²) in [5.41, 5.74) is 4.25. The number of hydrogen-bond donors (Lipinski definition) is 0. The van der Waals surface area contributed by atoms with Crippen molar-refractivity contribution in [1.29, 1.82) is 0 Å². The van der Waals surface area contributed by atoms with Gasteiger partial charge in [0.25, 0.3) is 0 Å². The molecule has 20 heavy (non-hydrogen) atoms. The molecule has 0 amide bonds. The first-order valence-corrected chi connectivity index (χ1v) is 7.70. The first kappa shape index (κ1) is 14.9. The van der Waals surface area contributed by atoms with Gasteiger partial charge in [-0.3, -0.25) is 4.79 Å². The van der Waals surface area contributed by atoms with E-state index in [4.69, 9.17) is 0 Å². The molecule has 106 valence electrons. The number of Topliss-reactive ketones (excluding diaryl/α,β-unsaturated/α-hetero) is 1. The van der Waals surface area contributed by atoms with Crippen LogP contribution in [0.15, 0.2) is 23.6 Å². The molecule has 0 saturated heterocycles. The normalized spacial score (nSPS) is 11.7. The van der Waals surface area contributed by atoms with E-state index >= 15 is 0 Å². The Hall–Kier alpha value is -1.48. The van der Waals surface area contributed by atoms with Gasteiger partial charge in [-0.1, -0.05) is 32.9 Å². The third-order valence-electron chi connectivity index (χ3n) is 3.46. The van der Waals surface area contributed by atoms with Gasteiger partial charge in [0.1, 0.15) is 5.01 Å². The van der Waals surface area contributed by atoms with E-state index in [1.54, 1.807) is 11.3 Å². The molecule has 0 aliphatic carbocycles. The average molecular weight is 287 g/mol. The van der Waals surface area contributed by atoms with Gasteiger partial charge in [0.15, 0.2) is 5.78 Å². The molecule has 0 saturated carbocycles. The Kier molecular flexibility index (Phi) is 4.09. The van der Waals surface area contributed by atoms with Gasteiger partial charge in [-0.05, 0) is 31.0 Å². The Morgan fingerprint density at radius 1 is 1.20 bits per heavy atom. The summed E-state index contributed by atoms with van der Waals surface area (Å²) >= 11 is 1.57. The van der Waals surface area contributed by atoms with E-state index in [0.717, 1.165) is 21.8 Å². The zero-order valence-electron chi connectivity index (χ0n) is 12.8. The van der Waals surface area contributed by atoms with E-state index in [9.17, 15) is 4.79 Å². The van der Waals surface area contributed by atoms with Gasteiger partial charge < -0.3 is 0 Å². The Labute approximate surface area is 124 Å². The molecule has 1 aromatic carbocycles. The molecule has 0 fully saturated rings. The Balaban J connectivity index is 2.15. The van der Waals surface area contributed by atoms with Crippen molar-refractivity contribution in [3.05, 3.63) is 51.0 Å². The van der Waals surface area contributed by atoms with Gasteiger partial charge in [0.2, 0.25) is 0 Å². The second-order valence-corrected chi connectivity index (χ2v) is 7.22. The van der Waals surface area contributed by atoms with E-state index in [-0.39, 0.29) is 11.2 Å². The average Bonchev–Trinajstić information content (AvgIpc) is 2.81. The van der Waals surface area contributed by atoms with Crippen molar-refractivity contribution in [2.45, 2.75) is 46.5 Å². The molecular weight excluding hydrogens is 266 g/mol. The number of thiazole rings is 1. The van der Waals surface area contributed by atoms with Gasteiger partial charge in [-0.25, -0.2) is 4.98 Å². The van der Waals surface area contributed by atoms with Crippen molar-refractivity contribution in [1.82, 2.24) is 4.98 Å². The highest BCUT2D eigenvalue weighted by Gasteiger charge is 2.18. The maximum absolute atomic E-state index is 12.3. The number of rotatable bonds is 3. The quantitative estimate of drug-likeness (QED) is 0.779. The van der Waals surface area contributed by atoms with Gasteiger partial charge >= 0.3 is 0 Å². The molecule has 2 nitrogen and oxygen atoms in total. The Bertz CT molecular complexity index is 635. The minimum atomic E-state index is 0.0399. The summed E-state index contributed by atoms with van der Waals surface area (Å²) in [7, 11) is 0. The SMILES string of the molecule is Cc1ccc(C(=O)Cc2nc(C(C)(C)C)cs2)cc1C. The fourth-order valence-electron chi connectivity index (χ4n) is 1.89. The third-order valence-corrected chi connectivity index (χ3v) is 4.31. The van der Waals surface area contributed by atoms with Gasteiger partial charge in [0.05, 0.1) is 12.1 Å². The summed E-state index contributed by atoms with van der Waals surface area (Å²) in [4.78, 5) is 16.9. The number of benzene rings is 1. The molecule has 0 atom stereocenters. The molecule has 0 aliphatic rings.